The molecule has 0 unspecified atom stereocenters. The molecule has 0 bridgehead atoms. The van der Waals surface area contributed by atoms with Crippen molar-refractivity contribution in [2.24, 2.45) is 0 Å². The van der Waals surface area contributed by atoms with Gasteiger partial charge in [-0.05, 0) is 61.6 Å². The molecule has 3 aromatic rings. The van der Waals surface area contributed by atoms with Gasteiger partial charge in [0.25, 0.3) is 0 Å². The van der Waals surface area contributed by atoms with E-state index in [1.807, 2.05) is 44.3 Å². The number of benzene rings is 1. The number of carbonyl (C=O) groups is 1. The van der Waals surface area contributed by atoms with E-state index < -0.39 is 0 Å². The summed E-state index contributed by atoms with van der Waals surface area (Å²) in [6, 6.07) is 9.93. The Morgan fingerprint density at radius 1 is 1.23 bits per heavy atom. The van der Waals surface area contributed by atoms with Gasteiger partial charge in [-0.15, -0.1) is 0 Å². The molecule has 0 aliphatic rings. The van der Waals surface area contributed by atoms with Crippen molar-refractivity contribution in [3.63, 3.8) is 0 Å². The van der Waals surface area contributed by atoms with E-state index in [-0.39, 0.29) is 6.03 Å². The number of urea groups is 1. The molecule has 2 aromatic heterocycles. The van der Waals surface area contributed by atoms with E-state index in [1.54, 1.807) is 0 Å². The molecule has 0 radical (unpaired) electrons. The molecule has 0 fully saturated rings. The van der Waals surface area contributed by atoms with Gasteiger partial charge in [-0.25, -0.2) is 9.78 Å². The van der Waals surface area contributed by atoms with Crippen molar-refractivity contribution in [3.8, 4) is 0 Å². The van der Waals surface area contributed by atoms with Gasteiger partial charge in [0.1, 0.15) is 5.65 Å². The molecule has 0 aliphatic carbocycles. The molecule has 2 heterocycles. The first kappa shape index (κ1) is 18.0. The van der Waals surface area contributed by atoms with Crippen molar-refractivity contribution in [1.82, 2.24) is 14.9 Å². The maximum absolute atomic E-state index is 12.2. The maximum atomic E-state index is 12.2. The Kier molecular flexibility index (Phi) is 5.56. The third kappa shape index (κ3) is 4.04. The van der Waals surface area contributed by atoms with Crippen LogP contribution in [0.15, 0.2) is 42.7 Å². The lowest BCUT2D eigenvalue weighted by Gasteiger charge is -2.10. The smallest absolute Gasteiger partial charge is 0.319 e. The summed E-state index contributed by atoms with van der Waals surface area (Å²) >= 11 is 0. The zero-order valence-corrected chi connectivity index (χ0v) is 15.7. The van der Waals surface area contributed by atoms with Crippen LogP contribution in [-0.4, -0.2) is 22.1 Å². The summed E-state index contributed by atoms with van der Waals surface area (Å²) < 4.78 is 2.20. The van der Waals surface area contributed by atoms with Crippen LogP contribution in [-0.2, 0) is 13.0 Å². The second kappa shape index (κ2) is 8.04. The Balaban J connectivity index is 1.62. The summed E-state index contributed by atoms with van der Waals surface area (Å²) in [7, 11) is 0. The van der Waals surface area contributed by atoms with Crippen LogP contribution in [0.1, 0.15) is 30.0 Å². The predicted octanol–water partition coefficient (Wildman–Crippen LogP) is 4.43. The number of nitrogens with one attached hydrogen (secondary N) is 2. The van der Waals surface area contributed by atoms with Crippen molar-refractivity contribution < 1.29 is 4.79 Å². The molecule has 0 aliphatic heterocycles. The number of fused-ring (bicyclic) bond motifs is 1. The van der Waals surface area contributed by atoms with Crippen LogP contribution in [0.2, 0.25) is 0 Å². The SMILES string of the molecule is CCCn1cc(CCNC(=O)Nc2cc(C)ccc2C)c2cccnc21. The molecule has 2 amide bonds. The summed E-state index contributed by atoms with van der Waals surface area (Å²) in [5, 5.41) is 7.05. The summed E-state index contributed by atoms with van der Waals surface area (Å²) in [4.78, 5) is 16.7. The minimum atomic E-state index is -0.172. The first-order valence-corrected chi connectivity index (χ1v) is 9.13. The molecule has 0 saturated heterocycles. The van der Waals surface area contributed by atoms with Gasteiger partial charge in [0.2, 0.25) is 0 Å². The van der Waals surface area contributed by atoms with Gasteiger partial charge in [0.05, 0.1) is 0 Å². The molecule has 5 heteroatoms. The maximum Gasteiger partial charge on any atom is 0.319 e. The average molecular weight is 350 g/mol. The van der Waals surface area contributed by atoms with Crippen molar-refractivity contribution in [2.45, 2.75) is 40.2 Å². The van der Waals surface area contributed by atoms with Crippen LogP contribution >= 0.6 is 0 Å². The number of hydrogen-bond donors (Lipinski definition) is 2. The minimum absolute atomic E-state index is 0.172. The first-order chi connectivity index (χ1) is 12.6. The predicted molar refractivity (Wildman–Crippen MR) is 107 cm³/mol. The second-order valence-electron chi connectivity index (χ2n) is 6.67. The number of nitrogens with zero attached hydrogens (tertiary/aromatic N) is 2. The highest BCUT2D eigenvalue weighted by Gasteiger charge is 2.10. The zero-order chi connectivity index (χ0) is 18.5. The molecule has 26 heavy (non-hydrogen) atoms. The van der Waals surface area contributed by atoms with Gasteiger partial charge < -0.3 is 15.2 Å². The number of rotatable bonds is 6. The highest BCUT2D eigenvalue weighted by molar-refractivity contribution is 5.90. The van der Waals surface area contributed by atoms with Crippen molar-refractivity contribution in [2.75, 3.05) is 11.9 Å². The van der Waals surface area contributed by atoms with Crippen LogP contribution in [0.25, 0.3) is 11.0 Å². The van der Waals surface area contributed by atoms with E-state index in [1.165, 1.54) is 5.56 Å². The zero-order valence-electron chi connectivity index (χ0n) is 15.7. The number of pyridine rings is 1. The number of anilines is 1. The molecule has 136 valence electrons. The largest absolute Gasteiger partial charge is 0.338 e. The fourth-order valence-corrected chi connectivity index (χ4v) is 3.15. The average Bonchev–Trinajstić information content (AvgIpc) is 2.97. The lowest BCUT2D eigenvalue weighted by Crippen LogP contribution is -2.30. The second-order valence-corrected chi connectivity index (χ2v) is 6.67. The Labute approximate surface area is 154 Å². The Bertz CT molecular complexity index is 914. The minimum Gasteiger partial charge on any atom is -0.338 e. The third-order valence-corrected chi connectivity index (χ3v) is 4.50. The standard InChI is InChI=1S/C21H26N4O/c1-4-12-25-14-17(18-6-5-10-22-20(18)25)9-11-23-21(26)24-19-13-15(2)7-8-16(19)3/h5-8,10,13-14H,4,9,11-12H2,1-3H3,(H2,23,24,26). The molecule has 0 spiro atoms. The van der Waals surface area contributed by atoms with E-state index in [0.29, 0.717) is 6.54 Å². The number of hydrogen-bond acceptors (Lipinski definition) is 2. The molecular weight excluding hydrogens is 324 g/mol. The van der Waals surface area contributed by atoms with Crippen LogP contribution < -0.4 is 10.6 Å². The first-order valence-electron chi connectivity index (χ1n) is 9.13. The van der Waals surface area contributed by atoms with Crippen LogP contribution in [0.5, 0.6) is 0 Å². The molecule has 3 rings (SSSR count). The Hall–Kier alpha value is -2.82. The molecule has 1 aromatic carbocycles. The number of aryl methyl sites for hydroxylation is 3. The van der Waals surface area contributed by atoms with Crippen LogP contribution in [0.3, 0.4) is 0 Å². The van der Waals surface area contributed by atoms with Crippen molar-refractivity contribution in [3.05, 3.63) is 59.4 Å². The highest BCUT2D eigenvalue weighted by Crippen LogP contribution is 2.20. The lowest BCUT2D eigenvalue weighted by molar-refractivity contribution is 0.252. The molecular formula is C21H26N4O. The van der Waals surface area contributed by atoms with Crippen molar-refractivity contribution in [1.29, 1.82) is 0 Å². The fraction of sp³-hybridized carbons (Fsp3) is 0.333. The summed E-state index contributed by atoms with van der Waals surface area (Å²) in [6.45, 7) is 7.70. The van der Waals surface area contributed by atoms with Gasteiger partial charge in [-0.3, -0.25) is 0 Å². The summed E-state index contributed by atoms with van der Waals surface area (Å²) in [5.41, 5.74) is 5.27. The van der Waals surface area contributed by atoms with E-state index in [0.717, 1.165) is 47.2 Å². The normalized spacial score (nSPS) is 10.9. The molecule has 2 N–H and O–H groups in total. The number of carbonyl (C=O) groups excluding carboxylic acids is 1. The Morgan fingerprint density at radius 3 is 2.88 bits per heavy atom. The van der Waals surface area contributed by atoms with Gasteiger partial charge in [-0.1, -0.05) is 19.1 Å². The van der Waals surface area contributed by atoms with E-state index in [9.17, 15) is 4.79 Å². The fourth-order valence-electron chi connectivity index (χ4n) is 3.15. The van der Waals surface area contributed by atoms with Crippen molar-refractivity contribution >= 4 is 22.8 Å². The molecule has 0 atom stereocenters. The molecule has 0 saturated carbocycles. The van der Waals surface area contributed by atoms with Crippen LogP contribution in [0, 0.1) is 13.8 Å². The third-order valence-electron chi connectivity index (χ3n) is 4.50. The van der Waals surface area contributed by atoms with Gasteiger partial charge in [0.15, 0.2) is 0 Å². The summed E-state index contributed by atoms with van der Waals surface area (Å²) in [6.07, 6.45) is 5.83. The van der Waals surface area contributed by atoms with E-state index >= 15 is 0 Å². The van der Waals surface area contributed by atoms with Gasteiger partial charge in [0, 0.05) is 36.6 Å². The quantitative estimate of drug-likeness (QED) is 0.691. The highest BCUT2D eigenvalue weighted by atomic mass is 16.2. The lowest BCUT2D eigenvalue weighted by atomic mass is 10.1. The summed E-state index contributed by atoms with van der Waals surface area (Å²) in [5.74, 6) is 0. The topological polar surface area (TPSA) is 59.0 Å². The number of amides is 2. The monoisotopic (exact) mass is 350 g/mol. The number of aromatic nitrogens is 2. The van der Waals surface area contributed by atoms with E-state index in [2.05, 4.69) is 39.4 Å². The van der Waals surface area contributed by atoms with E-state index in [4.69, 9.17) is 0 Å². The Morgan fingerprint density at radius 2 is 2.08 bits per heavy atom. The van der Waals surface area contributed by atoms with Gasteiger partial charge in [-0.2, -0.15) is 0 Å². The van der Waals surface area contributed by atoms with Crippen LogP contribution in [0.4, 0.5) is 10.5 Å². The molecule has 5 nitrogen and oxygen atoms in total. The van der Waals surface area contributed by atoms with Gasteiger partial charge >= 0.3 is 6.03 Å².